The molecule has 1 aromatic rings. The first kappa shape index (κ1) is 13.7. The number of nitrogens with two attached hydrogens (primary N) is 1. The molecule has 17 heavy (non-hydrogen) atoms. The van der Waals surface area contributed by atoms with E-state index in [2.05, 4.69) is 10.4 Å². The average molecular weight is 238 g/mol. The SMILES string of the molecule is Cc1nn(CC(=O)NC(C)(C)C)c(C)c1CN. The number of carbonyl (C=O) groups is 1. The van der Waals surface area contributed by atoms with Crippen LogP contribution in [-0.4, -0.2) is 21.2 Å². The van der Waals surface area contributed by atoms with Crippen LogP contribution in [0.4, 0.5) is 0 Å². The van der Waals surface area contributed by atoms with Gasteiger partial charge in [-0.25, -0.2) is 0 Å². The van der Waals surface area contributed by atoms with Gasteiger partial charge in [0, 0.05) is 23.3 Å². The number of nitrogens with one attached hydrogen (secondary N) is 1. The number of amides is 1. The monoisotopic (exact) mass is 238 g/mol. The molecule has 5 heteroatoms. The molecule has 0 unspecified atom stereocenters. The molecule has 1 aromatic heterocycles. The Morgan fingerprint density at radius 1 is 1.41 bits per heavy atom. The van der Waals surface area contributed by atoms with Crippen LogP contribution in [0.1, 0.15) is 37.7 Å². The maximum atomic E-state index is 11.8. The quantitative estimate of drug-likeness (QED) is 0.820. The standard InChI is InChI=1S/C12H22N4O/c1-8-10(6-13)9(2)16(15-8)7-11(17)14-12(3,4)5/h6-7,13H2,1-5H3,(H,14,17). The number of aryl methyl sites for hydroxylation is 1. The van der Waals surface area contributed by atoms with Crippen molar-refractivity contribution < 1.29 is 4.79 Å². The fourth-order valence-corrected chi connectivity index (χ4v) is 1.78. The van der Waals surface area contributed by atoms with E-state index in [-0.39, 0.29) is 18.0 Å². The Hall–Kier alpha value is -1.36. The third-order valence-corrected chi connectivity index (χ3v) is 2.54. The molecule has 0 fully saturated rings. The van der Waals surface area contributed by atoms with E-state index in [1.165, 1.54) is 0 Å². The van der Waals surface area contributed by atoms with E-state index in [1.807, 2.05) is 34.6 Å². The maximum absolute atomic E-state index is 11.8. The first-order valence-corrected chi connectivity index (χ1v) is 5.78. The number of hydrogen-bond donors (Lipinski definition) is 2. The lowest BCUT2D eigenvalue weighted by Crippen LogP contribution is -2.42. The molecule has 0 radical (unpaired) electrons. The molecule has 96 valence electrons. The summed E-state index contributed by atoms with van der Waals surface area (Å²) in [5, 5.41) is 7.24. The van der Waals surface area contributed by atoms with Crippen molar-refractivity contribution in [3.8, 4) is 0 Å². The molecule has 0 saturated heterocycles. The van der Waals surface area contributed by atoms with E-state index < -0.39 is 0 Å². The molecule has 0 aliphatic heterocycles. The van der Waals surface area contributed by atoms with Gasteiger partial charge in [-0.2, -0.15) is 5.10 Å². The molecule has 1 rings (SSSR count). The topological polar surface area (TPSA) is 72.9 Å². The van der Waals surface area contributed by atoms with Crippen molar-refractivity contribution in [1.82, 2.24) is 15.1 Å². The summed E-state index contributed by atoms with van der Waals surface area (Å²) < 4.78 is 1.71. The minimum Gasteiger partial charge on any atom is -0.350 e. The molecule has 0 bridgehead atoms. The minimum atomic E-state index is -0.218. The van der Waals surface area contributed by atoms with Crippen LogP contribution < -0.4 is 11.1 Å². The van der Waals surface area contributed by atoms with Crippen LogP contribution >= 0.6 is 0 Å². The van der Waals surface area contributed by atoms with Crippen LogP contribution in [0.2, 0.25) is 0 Å². The second-order valence-corrected chi connectivity index (χ2v) is 5.31. The molecule has 3 N–H and O–H groups in total. The highest BCUT2D eigenvalue weighted by Gasteiger charge is 2.16. The van der Waals surface area contributed by atoms with E-state index in [1.54, 1.807) is 4.68 Å². The van der Waals surface area contributed by atoms with Gasteiger partial charge in [0.2, 0.25) is 5.91 Å². The third kappa shape index (κ3) is 3.56. The second kappa shape index (κ2) is 4.87. The largest absolute Gasteiger partial charge is 0.350 e. The molecular weight excluding hydrogens is 216 g/mol. The Morgan fingerprint density at radius 2 is 2.00 bits per heavy atom. The van der Waals surface area contributed by atoms with Crippen molar-refractivity contribution in [1.29, 1.82) is 0 Å². The summed E-state index contributed by atoms with van der Waals surface area (Å²) in [6, 6.07) is 0. The summed E-state index contributed by atoms with van der Waals surface area (Å²) in [6.45, 7) is 10.4. The molecule has 0 aliphatic rings. The number of nitrogens with zero attached hydrogens (tertiary/aromatic N) is 2. The van der Waals surface area contributed by atoms with Crippen molar-refractivity contribution in [3.63, 3.8) is 0 Å². The number of hydrogen-bond acceptors (Lipinski definition) is 3. The molecule has 1 heterocycles. The van der Waals surface area contributed by atoms with Gasteiger partial charge in [0.25, 0.3) is 0 Å². The maximum Gasteiger partial charge on any atom is 0.242 e. The third-order valence-electron chi connectivity index (χ3n) is 2.54. The Bertz CT molecular complexity index is 415. The van der Waals surface area contributed by atoms with Crippen LogP contribution in [0.15, 0.2) is 0 Å². The summed E-state index contributed by atoms with van der Waals surface area (Å²) >= 11 is 0. The Labute approximate surface area is 102 Å². The summed E-state index contributed by atoms with van der Waals surface area (Å²) in [7, 11) is 0. The van der Waals surface area contributed by atoms with Gasteiger partial charge in [-0.15, -0.1) is 0 Å². The zero-order valence-electron chi connectivity index (χ0n) is 11.3. The number of carbonyl (C=O) groups excluding carboxylic acids is 1. The van der Waals surface area contributed by atoms with Gasteiger partial charge >= 0.3 is 0 Å². The van der Waals surface area contributed by atoms with Gasteiger partial charge < -0.3 is 11.1 Å². The van der Waals surface area contributed by atoms with Crippen LogP contribution in [-0.2, 0) is 17.9 Å². The number of rotatable bonds is 3. The first-order chi connectivity index (χ1) is 7.74. The van der Waals surface area contributed by atoms with Crippen LogP contribution in [0.3, 0.4) is 0 Å². The van der Waals surface area contributed by atoms with Gasteiger partial charge in [0.15, 0.2) is 0 Å². The van der Waals surface area contributed by atoms with Gasteiger partial charge in [0.05, 0.1) is 5.69 Å². The Balaban J connectivity index is 2.79. The van der Waals surface area contributed by atoms with E-state index >= 15 is 0 Å². The van der Waals surface area contributed by atoms with Crippen LogP contribution in [0.5, 0.6) is 0 Å². The summed E-state index contributed by atoms with van der Waals surface area (Å²) in [5.41, 5.74) is 8.31. The first-order valence-electron chi connectivity index (χ1n) is 5.78. The molecule has 5 nitrogen and oxygen atoms in total. The normalized spacial score (nSPS) is 11.6. The van der Waals surface area contributed by atoms with Crippen molar-refractivity contribution in [2.45, 2.75) is 53.2 Å². The predicted octanol–water partition coefficient (Wildman–Crippen LogP) is 0.873. The predicted molar refractivity (Wildman–Crippen MR) is 67.5 cm³/mol. The lowest BCUT2D eigenvalue weighted by Gasteiger charge is -2.20. The molecule has 0 atom stereocenters. The fourth-order valence-electron chi connectivity index (χ4n) is 1.78. The summed E-state index contributed by atoms with van der Waals surface area (Å²) in [5.74, 6) is -0.0355. The second-order valence-electron chi connectivity index (χ2n) is 5.31. The van der Waals surface area contributed by atoms with E-state index in [0.717, 1.165) is 17.0 Å². The van der Waals surface area contributed by atoms with Gasteiger partial charge in [0.1, 0.15) is 6.54 Å². The highest BCUT2D eigenvalue weighted by atomic mass is 16.2. The van der Waals surface area contributed by atoms with Crippen molar-refractivity contribution in [3.05, 3.63) is 17.0 Å². The lowest BCUT2D eigenvalue weighted by atomic mass is 10.1. The molecule has 1 amide bonds. The van der Waals surface area contributed by atoms with E-state index in [0.29, 0.717) is 6.54 Å². The fraction of sp³-hybridized carbons (Fsp3) is 0.667. The van der Waals surface area contributed by atoms with Crippen LogP contribution in [0.25, 0.3) is 0 Å². The highest BCUT2D eigenvalue weighted by molar-refractivity contribution is 5.76. The minimum absolute atomic E-state index is 0.0355. The molecular formula is C12H22N4O. The van der Waals surface area contributed by atoms with E-state index in [4.69, 9.17) is 5.73 Å². The zero-order chi connectivity index (χ0) is 13.2. The summed E-state index contributed by atoms with van der Waals surface area (Å²) in [6.07, 6.45) is 0. The molecule has 0 spiro atoms. The smallest absolute Gasteiger partial charge is 0.242 e. The molecule has 0 aliphatic carbocycles. The van der Waals surface area contributed by atoms with E-state index in [9.17, 15) is 4.79 Å². The molecule has 0 saturated carbocycles. The van der Waals surface area contributed by atoms with Crippen molar-refractivity contribution in [2.24, 2.45) is 5.73 Å². The van der Waals surface area contributed by atoms with Gasteiger partial charge in [-0.1, -0.05) is 0 Å². The summed E-state index contributed by atoms with van der Waals surface area (Å²) in [4.78, 5) is 11.8. The highest BCUT2D eigenvalue weighted by Crippen LogP contribution is 2.11. The van der Waals surface area contributed by atoms with Gasteiger partial charge in [-0.05, 0) is 34.6 Å². The number of aromatic nitrogens is 2. The molecule has 0 aromatic carbocycles. The Kier molecular flexibility index (Phi) is 3.93. The Morgan fingerprint density at radius 3 is 2.41 bits per heavy atom. The van der Waals surface area contributed by atoms with Gasteiger partial charge in [-0.3, -0.25) is 9.48 Å². The van der Waals surface area contributed by atoms with Crippen molar-refractivity contribution in [2.75, 3.05) is 0 Å². The zero-order valence-corrected chi connectivity index (χ0v) is 11.3. The van der Waals surface area contributed by atoms with Crippen molar-refractivity contribution >= 4 is 5.91 Å². The lowest BCUT2D eigenvalue weighted by molar-refractivity contribution is -0.123. The average Bonchev–Trinajstić information content (AvgIpc) is 2.38. The van der Waals surface area contributed by atoms with Crippen LogP contribution in [0, 0.1) is 13.8 Å².